The molecule has 200 valence electrons. The van der Waals surface area contributed by atoms with Gasteiger partial charge >= 0.3 is 0 Å². The maximum Gasteiger partial charge on any atom is 0.258 e. The minimum Gasteiger partial charge on any atom is -0.488 e. The molecule has 36 heavy (non-hydrogen) atoms. The van der Waals surface area contributed by atoms with Gasteiger partial charge in [-0.25, -0.2) is 16.8 Å². The summed E-state index contributed by atoms with van der Waals surface area (Å²) >= 11 is 0. The van der Waals surface area contributed by atoms with E-state index in [4.69, 9.17) is 9.26 Å². The molecule has 1 aliphatic rings. The Kier molecular flexibility index (Phi) is 8.03. The van der Waals surface area contributed by atoms with Crippen molar-refractivity contribution in [2.75, 3.05) is 37.7 Å². The Labute approximate surface area is 211 Å². The Balaban J connectivity index is 2.01. The number of rotatable bonds is 8. The number of hydrogen-bond acceptors (Lipinski definition) is 9. The number of aliphatic hydroxyl groups is 1. The first-order valence-electron chi connectivity index (χ1n) is 11.2. The molecule has 3 atom stereocenters. The van der Waals surface area contributed by atoms with Crippen molar-refractivity contribution in [3.05, 3.63) is 35.2 Å². The summed E-state index contributed by atoms with van der Waals surface area (Å²) in [6.07, 6.45) is 0.314. The maximum atomic E-state index is 13.4. The molecule has 12 nitrogen and oxygen atoms in total. The van der Waals surface area contributed by atoms with Crippen molar-refractivity contribution in [3.8, 4) is 5.75 Å². The fourth-order valence-corrected chi connectivity index (χ4v) is 6.09. The van der Waals surface area contributed by atoms with E-state index in [1.165, 1.54) is 37.1 Å². The summed E-state index contributed by atoms with van der Waals surface area (Å²) in [5, 5.41) is 13.5. The maximum absolute atomic E-state index is 13.4. The molecule has 1 amide bonds. The number of nitrogens with one attached hydrogen (secondary N) is 1. The first-order chi connectivity index (χ1) is 16.7. The number of anilines is 1. The highest BCUT2D eigenvalue weighted by Gasteiger charge is 2.36. The van der Waals surface area contributed by atoms with Crippen LogP contribution in [0, 0.1) is 19.8 Å². The van der Waals surface area contributed by atoms with Crippen molar-refractivity contribution in [2.24, 2.45) is 5.92 Å². The second kappa shape index (κ2) is 10.4. The zero-order chi connectivity index (χ0) is 27.0. The van der Waals surface area contributed by atoms with E-state index in [1.807, 2.05) is 6.92 Å². The Morgan fingerprint density at radius 3 is 2.50 bits per heavy atom. The predicted molar refractivity (Wildman–Crippen MR) is 132 cm³/mol. The van der Waals surface area contributed by atoms with Gasteiger partial charge in [0.1, 0.15) is 22.4 Å². The van der Waals surface area contributed by atoms with Gasteiger partial charge in [0.05, 0.1) is 31.0 Å². The van der Waals surface area contributed by atoms with Gasteiger partial charge < -0.3 is 19.3 Å². The molecule has 1 aromatic heterocycles. The molecule has 14 heteroatoms. The van der Waals surface area contributed by atoms with Crippen LogP contribution < -0.4 is 9.46 Å². The number of likely N-dealkylation sites (N-methyl/N-ethyl adjacent to an activating group) is 1. The van der Waals surface area contributed by atoms with Gasteiger partial charge in [0.25, 0.3) is 5.91 Å². The average Bonchev–Trinajstić information content (AvgIpc) is 3.13. The Morgan fingerprint density at radius 2 is 1.94 bits per heavy atom. The third-order valence-electron chi connectivity index (χ3n) is 6.04. The van der Waals surface area contributed by atoms with Crippen LogP contribution in [0.15, 0.2) is 27.6 Å². The number of aromatic nitrogens is 1. The number of aliphatic hydroxyl groups excluding tert-OH is 1. The molecule has 2 N–H and O–H groups in total. The van der Waals surface area contributed by atoms with Crippen molar-refractivity contribution in [1.29, 1.82) is 0 Å². The highest BCUT2D eigenvalue weighted by atomic mass is 32.2. The van der Waals surface area contributed by atoms with Gasteiger partial charge in [-0.2, -0.15) is 4.31 Å². The topological polar surface area (TPSA) is 159 Å². The number of aryl methyl sites for hydroxylation is 2. The number of carbonyl (C=O) groups excluding carboxylic acids is 1. The monoisotopic (exact) mass is 544 g/mol. The van der Waals surface area contributed by atoms with Gasteiger partial charge in [-0.05, 0) is 39.0 Å². The molecule has 0 aliphatic carbocycles. The quantitative estimate of drug-likeness (QED) is 0.498. The predicted octanol–water partition coefficient (Wildman–Crippen LogP) is 1.20. The lowest BCUT2D eigenvalue weighted by Gasteiger charge is -2.38. The minimum absolute atomic E-state index is 0.00824. The molecule has 0 unspecified atom stereocenters. The van der Waals surface area contributed by atoms with Gasteiger partial charge in [0.15, 0.2) is 5.76 Å². The number of nitrogens with zero attached hydrogens (tertiary/aromatic N) is 3. The number of ether oxygens (including phenoxy) is 1. The second-order valence-electron chi connectivity index (χ2n) is 9.15. The standard InChI is InChI=1S/C22H32N4O8S2/c1-13-10-26(14(2)12-27)22(28)18-9-17(24-35(6,29)30)7-8-19(18)33-20(13)11-25(5)36(31,32)21-15(3)23-34-16(21)4/h7-9,13-14,20,24,27H,10-12H2,1-6H3/t13-,14-,20-/m0/s1. The lowest BCUT2D eigenvalue weighted by molar-refractivity contribution is 0.0387. The summed E-state index contributed by atoms with van der Waals surface area (Å²) in [5.41, 5.74) is 0.515. The first-order valence-corrected chi connectivity index (χ1v) is 14.6. The zero-order valence-electron chi connectivity index (χ0n) is 21.0. The molecule has 0 saturated carbocycles. The molecule has 0 spiro atoms. The summed E-state index contributed by atoms with van der Waals surface area (Å²) in [6.45, 7) is 6.42. The number of carbonyl (C=O) groups is 1. The Hall–Kier alpha value is -2.68. The van der Waals surface area contributed by atoms with E-state index in [-0.39, 0.29) is 59.0 Å². The Morgan fingerprint density at radius 1 is 1.28 bits per heavy atom. The molecule has 1 aliphatic heterocycles. The third kappa shape index (κ3) is 5.82. The van der Waals surface area contributed by atoms with Crippen LogP contribution in [0.4, 0.5) is 5.69 Å². The van der Waals surface area contributed by atoms with Crippen LogP contribution in [0.1, 0.15) is 35.7 Å². The van der Waals surface area contributed by atoms with Crippen LogP contribution in [0.3, 0.4) is 0 Å². The summed E-state index contributed by atoms with van der Waals surface area (Å²) < 4.78 is 64.7. The molecule has 1 aromatic carbocycles. The molecular weight excluding hydrogens is 512 g/mol. The second-order valence-corrected chi connectivity index (χ2v) is 12.9. The van der Waals surface area contributed by atoms with Crippen LogP contribution >= 0.6 is 0 Å². The molecule has 3 rings (SSSR count). The summed E-state index contributed by atoms with van der Waals surface area (Å²) in [4.78, 5) is 14.9. The van der Waals surface area contributed by atoms with Crippen molar-refractivity contribution in [1.82, 2.24) is 14.4 Å². The number of sulfonamides is 2. The molecule has 0 saturated heterocycles. The minimum atomic E-state index is -3.95. The molecule has 0 fully saturated rings. The van der Waals surface area contributed by atoms with E-state index >= 15 is 0 Å². The Bertz CT molecular complexity index is 1320. The number of benzene rings is 1. The smallest absolute Gasteiger partial charge is 0.258 e. The van der Waals surface area contributed by atoms with Gasteiger partial charge in [-0.3, -0.25) is 9.52 Å². The van der Waals surface area contributed by atoms with Crippen LogP contribution in [-0.4, -0.2) is 87.4 Å². The van der Waals surface area contributed by atoms with Gasteiger partial charge in [0, 0.05) is 25.2 Å². The number of amides is 1. The largest absolute Gasteiger partial charge is 0.488 e. The van der Waals surface area contributed by atoms with E-state index < -0.39 is 38.1 Å². The lowest BCUT2D eigenvalue weighted by atomic mass is 9.99. The van der Waals surface area contributed by atoms with Crippen molar-refractivity contribution in [2.45, 2.75) is 44.7 Å². The van der Waals surface area contributed by atoms with E-state index in [1.54, 1.807) is 13.8 Å². The third-order valence-corrected chi connectivity index (χ3v) is 8.72. The van der Waals surface area contributed by atoms with E-state index in [0.717, 1.165) is 10.6 Å². The molecule has 0 bridgehead atoms. The van der Waals surface area contributed by atoms with Gasteiger partial charge in [0.2, 0.25) is 20.0 Å². The van der Waals surface area contributed by atoms with Gasteiger partial charge in [-0.15, -0.1) is 0 Å². The molecule has 2 aromatic rings. The fraction of sp³-hybridized carbons (Fsp3) is 0.545. The normalized spacial score (nSPS) is 19.9. The van der Waals surface area contributed by atoms with Crippen molar-refractivity contribution >= 4 is 31.6 Å². The number of fused-ring (bicyclic) bond motifs is 1. The summed E-state index contributed by atoms with van der Waals surface area (Å²) in [5.74, 6) is -0.414. The van der Waals surface area contributed by atoms with Crippen LogP contribution in [0.5, 0.6) is 5.75 Å². The lowest BCUT2D eigenvalue weighted by Crippen LogP contribution is -2.50. The van der Waals surface area contributed by atoms with Crippen LogP contribution in [0.25, 0.3) is 0 Å². The SMILES string of the molecule is Cc1noc(C)c1S(=O)(=O)N(C)C[C@@H]1Oc2ccc(NS(C)(=O)=O)cc2C(=O)N([C@@H](C)CO)C[C@@H]1C. The highest BCUT2D eigenvalue weighted by Crippen LogP contribution is 2.32. The fourth-order valence-electron chi connectivity index (χ4n) is 4.07. The van der Waals surface area contributed by atoms with Crippen LogP contribution in [-0.2, 0) is 20.0 Å². The summed E-state index contributed by atoms with van der Waals surface area (Å²) in [7, 11) is -6.12. The average molecular weight is 545 g/mol. The molecule has 2 heterocycles. The molecular formula is C22H32N4O8S2. The molecule has 0 radical (unpaired) electrons. The first kappa shape index (κ1) is 27.9. The van der Waals surface area contributed by atoms with Gasteiger partial charge in [-0.1, -0.05) is 12.1 Å². The van der Waals surface area contributed by atoms with E-state index in [9.17, 15) is 26.7 Å². The highest BCUT2D eigenvalue weighted by molar-refractivity contribution is 7.92. The zero-order valence-corrected chi connectivity index (χ0v) is 22.7. The van der Waals surface area contributed by atoms with Crippen LogP contribution in [0.2, 0.25) is 0 Å². The summed E-state index contributed by atoms with van der Waals surface area (Å²) in [6, 6.07) is 3.76. The van der Waals surface area contributed by atoms with Crippen molar-refractivity contribution in [3.63, 3.8) is 0 Å². The van der Waals surface area contributed by atoms with E-state index in [0.29, 0.717) is 0 Å². The van der Waals surface area contributed by atoms with Crippen molar-refractivity contribution < 1.29 is 36.0 Å². The van der Waals surface area contributed by atoms with E-state index in [2.05, 4.69) is 9.88 Å². The number of hydrogen-bond donors (Lipinski definition) is 2.